The van der Waals surface area contributed by atoms with Crippen LogP contribution >= 0.6 is 27.3 Å². The van der Waals surface area contributed by atoms with Gasteiger partial charge in [0.15, 0.2) is 5.13 Å². The molecule has 0 bridgehead atoms. The summed E-state index contributed by atoms with van der Waals surface area (Å²) in [7, 11) is 0. The number of hydrogen-bond acceptors (Lipinski definition) is 4. The number of rotatable bonds is 7. The van der Waals surface area contributed by atoms with Gasteiger partial charge in [-0.25, -0.2) is 4.98 Å². The number of nitrogens with one attached hydrogen (secondary N) is 1. The molecule has 32 heavy (non-hydrogen) atoms. The van der Waals surface area contributed by atoms with E-state index < -0.39 is 0 Å². The zero-order valence-electron chi connectivity index (χ0n) is 17.4. The molecule has 0 fully saturated rings. The van der Waals surface area contributed by atoms with E-state index in [2.05, 4.69) is 57.4 Å². The number of thiazole rings is 1. The highest BCUT2D eigenvalue weighted by Gasteiger charge is 2.07. The molecular formula is C26H21BrN2O2S. The third-order valence-corrected chi connectivity index (χ3v) is 5.94. The summed E-state index contributed by atoms with van der Waals surface area (Å²) in [5, 5.41) is 5.31. The zero-order chi connectivity index (χ0) is 22.3. The Bertz CT molecular complexity index is 1230. The number of ether oxygens (including phenoxy) is 1. The number of aryl methyl sites for hydroxylation is 1. The second-order valence-corrected chi connectivity index (χ2v) is 8.99. The van der Waals surface area contributed by atoms with Crippen LogP contribution in [-0.2, 0) is 11.4 Å². The van der Waals surface area contributed by atoms with E-state index in [4.69, 9.17) is 4.74 Å². The molecule has 0 atom stereocenters. The van der Waals surface area contributed by atoms with E-state index in [1.807, 2.05) is 53.9 Å². The lowest BCUT2D eigenvalue weighted by Crippen LogP contribution is -2.07. The second-order valence-electron chi connectivity index (χ2n) is 7.21. The van der Waals surface area contributed by atoms with Gasteiger partial charge in [0, 0.05) is 21.5 Å². The predicted octanol–water partition coefficient (Wildman–Crippen LogP) is 7.11. The van der Waals surface area contributed by atoms with E-state index >= 15 is 0 Å². The number of amides is 1. The van der Waals surface area contributed by atoms with Crippen molar-refractivity contribution >= 4 is 44.4 Å². The molecule has 0 aliphatic carbocycles. The maximum Gasteiger partial charge on any atom is 0.250 e. The molecule has 0 unspecified atom stereocenters. The van der Waals surface area contributed by atoms with E-state index in [0.717, 1.165) is 32.6 Å². The number of carbonyl (C=O) groups is 1. The largest absolute Gasteiger partial charge is 0.489 e. The van der Waals surface area contributed by atoms with Crippen molar-refractivity contribution < 1.29 is 9.53 Å². The highest BCUT2D eigenvalue weighted by Crippen LogP contribution is 2.27. The molecule has 4 rings (SSSR count). The van der Waals surface area contributed by atoms with Gasteiger partial charge in [0.25, 0.3) is 0 Å². The number of aromatic nitrogens is 1. The van der Waals surface area contributed by atoms with Crippen LogP contribution in [-0.4, -0.2) is 10.9 Å². The van der Waals surface area contributed by atoms with Gasteiger partial charge >= 0.3 is 0 Å². The van der Waals surface area contributed by atoms with Gasteiger partial charge in [-0.3, -0.25) is 10.1 Å². The summed E-state index contributed by atoms with van der Waals surface area (Å²) in [6.45, 7) is 2.59. The minimum atomic E-state index is -0.222. The van der Waals surface area contributed by atoms with Gasteiger partial charge in [-0.2, -0.15) is 0 Å². The first-order valence-corrected chi connectivity index (χ1v) is 11.7. The second kappa shape index (κ2) is 10.4. The Kier molecular flexibility index (Phi) is 7.14. The number of anilines is 1. The fraction of sp³-hybridized carbons (Fsp3) is 0.0769. The van der Waals surface area contributed by atoms with Crippen LogP contribution in [0.1, 0.15) is 16.7 Å². The van der Waals surface area contributed by atoms with Crippen molar-refractivity contribution in [2.24, 2.45) is 0 Å². The molecule has 0 spiro atoms. The predicted molar refractivity (Wildman–Crippen MR) is 135 cm³/mol. The molecule has 0 aliphatic rings. The van der Waals surface area contributed by atoms with Crippen molar-refractivity contribution in [2.45, 2.75) is 13.5 Å². The smallest absolute Gasteiger partial charge is 0.250 e. The third-order valence-electron chi connectivity index (χ3n) is 4.69. The Labute approximate surface area is 199 Å². The molecule has 0 saturated heterocycles. The summed E-state index contributed by atoms with van der Waals surface area (Å²) >= 11 is 4.86. The highest BCUT2D eigenvalue weighted by atomic mass is 79.9. The van der Waals surface area contributed by atoms with Crippen molar-refractivity contribution in [1.82, 2.24) is 4.98 Å². The number of carbonyl (C=O) groups excluding carboxylic acids is 1. The lowest BCUT2D eigenvalue weighted by Gasteiger charge is -2.07. The van der Waals surface area contributed by atoms with Crippen molar-refractivity contribution in [1.29, 1.82) is 0 Å². The van der Waals surface area contributed by atoms with Gasteiger partial charge in [0.2, 0.25) is 5.91 Å². The SMILES string of the molecule is Cc1ccc(COc2ccc(/C=C/C(=O)Nc3nc(-c4cccc(Br)c4)cs3)cc2)cc1. The maximum atomic E-state index is 12.3. The first-order chi connectivity index (χ1) is 15.5. The van der Waals surface area contributed by atoms with E-state index in [1.54, 1.807) is 6.08 Å². The van der Waals surface area contributed by atoms with Gasteiger partial charge < -0.3 is 4.74 Å². The molecule has 0 radical (unpaired) electrons. The van der Waals surface area contributed by atoms with Gasteiger partial charge in [-0.15, -0.1) is 11.3 Å². The van der Waals surface area contributed by atoms with Crippen LogP contribution < -0.4 is 10.1 Å². The van der Waals surface area contributed by atoms with E-state index in [1.165, 1.54) is 23.0 Å². The normalized spacial score (nSPS) is 10.9. The van der Waals surface area contributed by atoms with Crippen LogP contribution in [0, 0.1) is 6.92 Å². The first-order valence-electron chi connectivity index (χ1n) is 10.0. The summed E-state index contributed by atoms with van der Waals surface area (Å²) in [6, 6.07) is 23.8. The third kappa shape index (κ3) is 6.15. The minimum Gasteiger partial charge on any atom is -0.489 e. The molecule has 1 amide bonds. The topological polar surface area (TPSA) is 51.2 Å². The molecule has 4 nitrogen and oxygen atoms in total. The molecule has 1 aromatic heterocycles. The molecule has 0 saturated carbocycles. The Morgan fingerprint density at radius 2 is 1.88 bits per heavy atom. The Balaban J connectivity index is 1.30. The summed E-state index contributed by atoms with van der Waals surface area (Å²) in [6.07, 6.45) is 3.27. The highest BCUT2D eigenvalue weighted by molar-refractivity contribution is 9.10. The standard InChI is InChI=1S/C26H21BrN2O2S/c1-18-5-7-20(8-6-18)16-31-23-12-9-19(10-13-23)11-14-25(30)29-26-28-24(17-32-26)21-3-2-4-22(27)15-21/h2-15,17H,16H2,1H3,(H,28,29,30)/b14-11+. The molecular weight excluding hydrogens is 484 g/mol. The molecule has 1 heterocycles. The number of halogens is 1. The van der Waals surface area contributed by atoms with Crippen LogP contribution in [0.15, 0.2) is 88.7 Å². The molecule has 3 aromatic carbocycles. The summed E-state index contributed by atoms with van der Waals surface area (Å²) in [4.78, 5) is 16.8. The van der Waals surface area contributed by atoms with Gasteiger partial charge in [-0.05, 0) is 48.4 Å². The van der Waals surface area contributed by atoms with Gasteiger partial charge in [0.1, 0.15) is 12.4 Å². The van der Waals surface area contributed by atoms with Crippen LogP contribution in [0.25, 0.3) is 17.3 Å². The fourth-order valence-electron chi connectivity index (χ4n) is 2.96. The van der Waals surface area contributed by atoms with E-state index in [-0.39, 0.29) is 5.91 Å². The number of hydrogen-bond donors (Lipinski definition) is 1. The summed E-state index contributed by atoms with van der Waals surface area (Å²) in [5.41, 5.74) is 5.10. The molecule has 1 N–H and O–H groups in total. The lowest BCUT2D eigenvalue weighted by atomic mass is 10.1. The van der Waals surface area contributed by atoms with Crippen LogP contribution in [0.3, 0.4) is 0 Å². The number of nitrogens with zero attached hydrogens (tertiary/aromatic N) is 1. The maximum absolute atomic E-state index is 12.3. The van der Waals surface area contributed by atoms with Crippen LogP contribution in [0.5, 0.6) is 5.75 Å². The summed E-state index contributed by atoms with van der Waals surface area (Å²) < 4.78 is 6.81. The Hall–Kier alpha value is -3.22. The van der Waals surface area contributed by atoms with Crippen molar-refractivity contribution in [3.63, 3.8) is 0 Å². The fourth-order valence-corrected chi connectivity index (χ4v) is 4.08. The zero-order valence-corrected chi connectivity index (χ0v) is 19.8. The van der Waals surface area contributed by atoms with Crippen molar-refractivity contribution in [3.05, 3.63) is 105 Å². The monoisotopic (exact) mass is 504 g/mol. The van der Waals surface area contributed by atoms with Crippen molar-refractivity contribution in [2.75, 3.05) is 5.32 Å². The minimum absolute atomic E-state index is 0.222. The lowest BCUT2D eigenvalue weighted by molar-refractivity contribution is -0.111. The van der Waals surface area contributed by atoms with Crippen molar-refractivity contribution in [3.8, 4) is 17.0 Å². The number of benzene rings is 3. The van der Waals surface area contributed by atoms with Gasteiger partial charge in [-0.1, -0.05) is 70.0 Å². The molecule has 160 valence electrons. The van der Waals surface area contributed by atoms with Crippen LogP contribution in [0.2, 0.25) is 0 Å². The van der Waals surface area contributed by atoms with E-state index in [0.29, 0.717) is 11.7 Å². The van der Waals surface area contributed by atoms with Crippen LogP contribution in [0.4, 0.5) is 5.13 Å². The molecule has 0 aliphatic heterocycles. The molecule has 6 heteroatoms. The summed E-state index contributed by atoms with van der Waals surface area (Å²) in [5.74, 6) is 0.565. The quantitative estimate of drug-likeness (QED) is 0.272. The first kappa shape index (κ1) is 22.0. The average Bonchev–Trinajstić information content (AvgIpc) is 3.26. The molecule has 4 aromatic rings. The van der Waals surface area contributed by atoms with E-state index in [9.17, 15) is 4.79 Å². The average molecular weight is 505 g/mol. The Morgan fingerprint density at radius 3 is 2.62 bits per heavy atom. The Morgan fingerprint density at radius 1 is 1.09 bits per heavy atom. The van der Waals surface area contributed by atoms with Gasteiger partial charge in [0.05, 0.1) is 5.69 Å².